The fourth-order valence-corrected chi connectivity index (χ4v) is 2.26. The Kier molecular flexibility index (Phi) is 11.2. The highest BCUT2D eigenvalue weighted by molar-refractivity contribution is 5.94. The van der Waals surface area contributed by atoms with Crippen molar-refractivity contribution in [2.75, 3.05) is 13.2 Å². The van der Waals surface area contributed by atoms with Crippen LogP contribution in [-0.2, 0) is 19.2 Å². The molecule has 0 aliphatic rings. The maximum atomic E-state index is 12.7. The third kappa shape index (κ3) is 8.35. The van der Waals surface area contributed by atoms with Crippen LogP contribution in [0.15, 0.2) is 0 Å². The summed E-state index contributed by atoms with van der Waals surface area (Å²) in [5.41, 5.74) is 5.48. The highest BCUT2D eigenvalue weighted by Gasteiger charge is 2.32. The van der Waals surface area contributed by atoms with Crippen molar-refractivity contribution >= 4 is 23.7 Å². The number of nitrogens with two attached hydrogens (primary N) is 1. The molecule has 0 saturated carbocycles. The second-order valence-corrected chi connectivity index (χ2v) is 6.64. The predicted octanol–water partition coefficient (Wildman–Crippen LogP) is -1.43. The van der Waals surface area contributed by atoms with E-state index in [-0.39, 0.29) is 11.8 Å². The predicted molar refractivity (Wildman–Crippen MR) is 98.5 cm³/mol. The molecule has 156 valence electrons. The van der Waals surface area contributed by atoms with E-state index in [2.05, 4.69) is 16.0 Å². The number of carboxylic acids is 1. The first-order chi connectivity index (χ1) is 12.6. The molecule has 0 rings (SSSR count). The Bertz CT molecular complexity index is 528. The molecule has 3 amide bonds. The van der Waals surface area contributed by atoms with Crippen LogP contribution in [0.3, 0.4) is 0 Å². The first kappa shape index (κ1) is 24.8. The van der Waals surface area contributed by atoms with Crippen molar-refractivity contribution in [3.8, 4) is 0 Å². The van der Waals surface area contributed by atoms with Gasteiger partial charge in [0.25, 0.3) is 0 Å². The van der Waals surface area contributed by atoms with Gasteiger partial charge >= 0.3 is 5.97 Å². The van der Waals surface area contributed by atoms with E-state index in [1.807, 2.05) is 13.8 Å². The van der Waals surface area contributed by atoms with E-state index >= 15 is 0 Å². The van der Waals surface area contributed by atoms with Crippen LogP contribution in [0.2, 0.25) is 0 Å². The maximum Gasteiger partial charge on any atom is 0.322 e. The topological polar surface area (TPSA) is 171 Å². The molecule has 0 bridgehead atoms. The van der Waals surface area contributed by atoms with Gasteiger partial charge in [0.2, 0.25) is 17.7 Å². The van der Waals surface area contributed by atoms with Crippen molar-refractivity contribution in [2.24, 2.45) is 17.6 Å². The number of carbonyl (C=O) groups excluding carboxylic acids is 3. The van der Waals surface area contributed by atoms with E-state index in [4.69, 9.17) is 15.9 Å². The van der Waals surface area contributed by atoms with Gasteiger partial charge in [-0.05, 0) is 11.8 Å². The summed E-state index contributed by atoms with van der Waals surface area (Å²) in [6, 6.07) is -3.05. The number of aliphatic carboxylic acids is 1. The Hall–Kier alpha value is -2.20. The molecule has 5 atom stereocenters. The molecule has 7 N–H and O–H groups in total. The lowest BCUT2D eigenvalue weighted by atomic mass is 9.94. The van der Waals surface area contributed by atoms with Gasteiger partial charge in [0, 0.05) is 0 Å². The van der Waals surface area contributed by atoms with Crippen molar-refractivity contribution in [3.63, 3.8) is 0 Å². The quantitative estimate of drug-likeness (QED) is 0.238. The van der Waals surface area contributed by atoms with Crippen molar-refractivity contribution in [2.45, 2.75) is 58.7 Å². The SMILES string of the molecule is CCC(C)C(NC(=O)C(N)CO)C(=O)NC(C(=O)NCC(=O)O)C(C)CC. The first-order valence-corrected chi connectivity index (χ1v) is 9.05. The van der Waals surface area contributed by atoms with Crippen molar-refractivity contribution in [3.05, 3.63) is 0 Å². The molecule has 0 aliphatic carbocycles. The number of carboxylic acid groups (broad SMARTS) is 1. The van der Waals surface area contributed by atoms with Crippen LogP contribution in [0.25, 0.3) is 0 Å². The van der Waals surface area contributed by atoms with Crippen LogP contribution in [0, 0.1) is 11.8 Å². The molecule has 0 radical (unpaired) electrons. The van der Waals surface area contributed by atoms with Gasteiger partial charge in [0.15, 0.2) is 0 Å². The second kappa shape index (κ2) is 12.2. The summed E-state index contributed by atoms with van der Waals surface area (Å²) in [5.74, 6) is -3.55. The monoisotopic (exact) mass is 388 g/mol. The summed E-state index contributed by atoms with van der Waals surface area (Å²) in [5, 5.41) is 25.1. The normalized spacial score (nSPS) is 16.4. The van der Waals surface area contributed by atoms with Crippen LogP contribution in [0.4, 0.5) is 0 Å². The fraction of sp³-hybridized carbons (Fsp3) is 0.765. The molecule has 0 spiro atoms. The lowest BCUT2D eigenvalue weighted by Crippen LogP contribution is -2.59. The average Bonchev–Trinajstić information content (AvgIpc) is 2.65. The molecule has 10 heteroatoms. The highest BCUT2D eigenvalue weighted by Crippen LogP contribution is 2.12. The van der Waals surface area contributed by atoms with Crippen LogP contribution >= 0.6 is 0 Å². The number of rotatable bonds is 12. The van der Waals surface area contributed by atoms with Gasteiger partial charge in [-0.3, -0.25) is 19.2 Å². The zero-order chi connectivity index (χ0) is 21.1. The lowest BCUT2D eigenvalue weighted by Gasteiger charge is -2.29. The third-order valence-electron chi connectivity index (χ3n) is 4.53. The minimum absolute atomic E-state index is 0.250. The number of carbonyl (C=O) groups is 4. The molecule has 10 nitrogen and oxygen atoms in total. The lowest BCUT2D eigenvalue weighted by molar-refractivity contribution is -0.139. The largest absolute Gasteiger partial charge is 0.480 e. The Morgan fingerprint density at radius 3 is 1.74 bits per heavy atom. The Morgan fingerprint density at radius 2 is 1.33 bits per heavy atom. The molecule has 0 aromatic rings. The Labute approximate surface area is 159 Å². The first-order valence-electron chi connectivity index (χ1n) is 9.05. The summed E-state index contributed by atoms with van der Waals surface area (Å²) in [6.07, 6.45) is 1.15. The molecule has 5 unspecified atom stereocenters. The van der Waals surface area contributed by atoms with E-state index in [1.165, 1.54) is 0 Å². The van der Waals surface area contributed by atoms with E-state index in [0.29, 0.717) is 12.8 Å². The van der Waals surface area contributed by atoms with Crippen LogP contribution in [-0.4, -0.2) is 65.2 Å². The maximum absolute atomic E-state index is 12.7. The van der Waals surface area contributed by atoms with Crippen LogP contribution < -0.4 is 21.7 Å². The number of aliphatic hydroxyl groups is 1. The Balaban J connectivity index is 5.32. The summed E-state index contributed by atoms with van der Waals surface area (Å²) < 4.78 is 0. The number of amides is 3. The molecule has 0 aliphatic heterocycles. The van der Waals surface area contributed by atoms with E-state index in [9.17, 15) is 19.2 Å². The van der Waals surface area contributed by atoms with Crippen molar-refractivity contribution < 1.29 is 29.4 Å². The summed E-state index contributed by atoms with van der Waals surface area (Å²) >= 11 is 0. The molecular weight excluding hydrogens is 356 g/mol. The smallest absolute Gasteiger partial charge is 0.322 e. The number of hydrogen-bond acceptors (Lipinski definition) is 6. The molecule has 0 heterocycles. The number of aliphatic hydroxyl groups excluding tert-OH is 1. The Morgan fingerprint density at radius 1 is 0.889 bits per heavy atom. The third-order valence-corrected chi connectivity index (χ3v) is 4.53. The van der Waals surface area contributed by atoms with Gasteiger partial charge in [-0.1, -0.05) is 40.5 Å². The highest BCUT2D eigenvalue weighted by atomic mass is 16.4. The zero-order valence-corrected chi connectivity index (χ0v) is 16.3. The zero-order valence-electron chi connectivity index (χ0n) is 16.3. The molecule has 0 aromatic heterocycles. The minimum Gasteiger partial charge on any atom is -0.480 e. The van der Waals surface area contributed by atoms with Gasteiger partial charge < -0.3 is 31.9 Å². The number of nitrogens with one attached hydrogen (secondary N) is 3. The van der Waals surface area contributed by atoms with E-state index < -0.39 is 55.0 Å². The molecule has 0 fully saturated rings. The summed E-state index contributed by atoms with van der Waals surface area (Å²) in [7, 11) is 0. The van der Waals surface area contributed by atoms with Crippen LogP contribution in [0.5, 0.6) is 0 Å². The van der Waals surface area contributed by atoms with E-state index in [0.717, 1.165) is 0 Å². The molecular formula is C17H32N4O6. The van der Waals surface area contributed by atoms with Crippen molar-refractivity contribution in [1.29, 1.82) is 0 Å². The van der Waals surface area contributed by atoms with Gasteiger partial charge in [-0.15, -0.1) is 0 Å². The minimum atomic E-state index is -1.19. The fourth-order valence-electron chi connectivity index (χ4n) is 2.26. The molecule has 27 heavy (non-hydrogen) atoms. The van der Waals surface area contributed by atoms with Gasteiger partial charge in [0.1, 0.15) is 24.7 Å². The van der Waals surface area contributed by atoms with Gasteiger partial charge in [0.05, 0.1) is 6.61 Å². The number of hydrogen-bond donors (Lipinski definition) is 6. The molecule has 0 aromatic carbocycles. The van der Waals surface area contributed by atoms with Crippen molar-refractivity contribution in [1.82, 2.24) is 16.0 Å². The second-order valence-electron chi connectivity index (χ2n) is 6.64. The summed E-state index contributed by atoms with van der Waals surface area (Å²) in [6.45, 7) is 6.07. The van der Waals surface area contributed by atoms with Gasteiger partial charge in [-0.2, -0.15) is 0 Å². The van der Waals surface area contributed by atoms with Crippen LogP contribution in [0.1, 0.15) is 40.5 Å². The standard InChI is InChI=1S/C17H32N4O6/c1-5-9(3)13(16(26)19-7-12(23)24)21-17(27)14(10(4)6-2)20-15(25)11(18)8-22/h9-11,13-14,22H,5-8,18H2,1-4H3,(H,19,26)(H,20,25)(H,21,27)(H,23,24). The molecule has 0 saturated heterocycles. The van der Waals surface area contributed by atoms with E-state index in [1.54, 1.807) is 13.8 Å². The van der Waals surface area contributed by atoms with Gasteiger partial charge in [-0.25, -0.2) is 0 Å². The summed E-state index contributed by atoms with van der Waals surface area (Å²) in [4.78, 5) is 47.7. The average molecular weight is 388 g/mol.